The van der Waals surface area contributed by atoms with Gasteiger partial charge in [0.05, 0.1) is 6.10 Å². The van der Waals surface area contributed by atoms with Crippen molar-refractivity contribution in [2.45, 2.75) is 31.9 Å². The number of benzene rings is 2. The summed E-state index contributed by atoms with van der Waals surface area (Å²) in [6.45, 7) is 2.76. The zero-order valence-corrected chi connectivity index (χ0v) is 14.8. The van der Waals surface area contributed by atoms with Crippen molar-refractivity contribution in [3.63, 3.8) is 0 Å². The van der Waals surface area contributed by atoms with Gasteiger partial charge in [-0.3, -0.25) is 0 Å². The molecule has 0 aromatic heterocycles. The van der Waals surface area contributed by atoms with Gasteiger partial charge in [0.2, 0.25) is 0 Å². The molecule has 1 saturated heterocycles. The number of carbonyl (C=O) groups is 1. The third-order valence-corrected chi connectivity index (χ3v) is 4.96. The van der Waals surface area contributed by atoms with E-state index in [1.807, 2.05) is 35.2 Å². The summed E-state index contributed by atoms with van der Waals surface area (Å²) >= 11 is 0. The van der Waals surface area contributed by atoms with Crippen molar-refractivity contribution in [2.75, 3.05) is 25.1 Å². The zero-order valence-electron chi connectivity index (χ0n) is 14.8. The summed E-state index contributed by atoms with van der Waals surface area (Å²) in [4.78, 5) is 14.5. The number of ether oxygens (including phenoxy) is 2. The number of carbonyl (C=O) groups excluding carboxylic acids is 1. The van der Waals surface area contributed by atoms with Gasteiger partial charge in [-0.05, 0) is 42.5 Å². The number of hydrogen-bond donors (Lipinski definition) is 1. The van der Waals surface area contributed by atoms with Crippen LogP contribution < -0.4 is 10.1 Å². The number of nitrogens with zero attached hydrogens (tertiary/aromatic N) is 1. The normalized spacial score (nSPS) is 19.1. The van der Waals surface area contributed by atoms with Gasteiger partial charge in [0, 0.05) is 31.5 Å². The Balaban J connectivity index is 1.35. The highest BCUT2D eigenvalue weighted by Gasteiger charge is 2.20. The smallest absolute Gasteiger partial charge is 0.322 e. The Hall–Kier alpha value is -2.53. The maximum absolute atomic E-state index is 12.6. The van der Waals surface area contributed by atoms with Crippen LogP contribution in [0.2, 0.25) is 0 Å². The molecule has 0 saturated carbocycles. The van der Waals surface area contributed by atoms with E-state index in [-0.39, 0.29) is 12.1 Å². The second kappa shape index (κ2) is 7.79. The Morgan fingerprint density at radius 2 is 2.08 bits per heavy atom. The van der Waals surface area contributed by atoms with Crippen LogP contribution in [0.4, 0.5) is 10.5 Å². The van der Waals surface area contributed by atoms with Gasteiger partial charge in [-0.2, -0.15) is 0 Å². The molecule has 0 radical (unpaired) electrons. The van der Waals surface area contributed by atoms with E-state index < -0.39 is 0 Å². The molecule has 2 aliphatic rings. The summed E-state index contributed by atoms with van der Waals surface area (Å²) in [5.74, 6) is 0.752. The molecule has 136 valence electrons. The van der Waals surface area contributed by atoms with Crippen LogP contribution in [0.5, 0.6) is 5.75 Å². The summed E-state index contributed by atoms with van der Waals surface area (Å²) in [6, 6.07) is 15.8. The van der Waals surface area contributed by atoms with Crippen LogP contribution >= 0.6 is 0 Å². The number of amides is 2. The molecule has 2 aliphatic heterocycles. The van der Waals surface area contributed by atoms with Crippen molar-refractivity contribution in [2.24, 2.45) is 0 Å². The standard InChI is InChI=1S/C21H24N2O3/c24-21(23-11-10-16-5-1-2-6-17(16)14-23)22-18-7-3-8-19(13-18)26-15-20-9-4-12-25-20/h1-3,5-8,13,20H,4,9-12,14-15H2,(H,22,24). The first-order valence-electron chi connectivity index (χ1n) is 9.25. The molecule has 4 rings (SSSR count). The molecule has 2 aromatic rings. The number of rotatable bonds is 4. The molecule has 1 N–H and O–H groups in total. The second-order valence-corrected chi connectivity index (χ2v) is 6.84. The fraction of sp³-hybridized carbons (Fsp3) is 0.381. The minimum absolute atomic E-state index is 0.0734. The summed E-state index contributed by atoms with van der Waals surface area (Å²) in [6.07, 6.45) is 3.23. The Labute approximate surface area is 153 Å². The molecule has 0 spiro atoms. The van der Waals surface area contributed by atoms with Crippen molar-refractivity contribution in [1.29, 1.82) is 0 Å². The first-order chi connectivity index (χ1) is 12.8. The SMILES string of the molecule is O=C(Nc1cccc(OCC2CCCO2)c1)N1CCc2ccccc2C1. The molecular formula is C21H24N2O3. The lowest BCUT2D eigenvalue weighted by atomic mass is 10.0. The van der Waals surface area contributed by atoms with Crippen molar-refractivity contribution in [3.05, 3.63) is 59.7 Å². The number of hydrogen-bond acceptors (Lipinski definition) is 3. The van der Waals surface area contributed by atoms with Gasteiger partial charge in [-0.25, -0.2) is 4.79 Å². The van der Waals surface area contributed by atoms with Gasteiger partial charge in [-0.15, -0.1) is 0 Å². The van der Waals surface area contributed by atoms with Gasteiger partial charge in [0.25, 0.3) is 0 Å². The topological polar surface area (TPSA) is 50.8 Å². The second-order valence-electron chi connectivity index (χ2n) is 6.84. The molecule has 2 heterocycles. The highest BCUT2D eigenvalue weighted by atomic mass is 16.5. The maximum atomic E-state index is 12.6. The molecule has 1 unspecified atom stereocenters. The largest absolute Gasteiger partial charge is 0.491 e. The Kier molecular flexibility index (Phi) is 5.07. The van der Waals surface area contributed by atoms with Crippen molar-refractivity contribution < 1.29 is 14.3 Å². The van der Waals surface area contributed by atoms with Crippen molar-refractivity contribution in [1.82, 2.24) is 4.90 Å². The van der Waals surface area contributed by atoms with E-state index >= 15 is 0 Å². The highest BCUT2D eigenvalue weighted by molar-refractivity contribution is 5.89. The minimum atomic E-state index is -0.0734. The Morgan fingerprint density at radius 3 is 2.92 bits per heavy atom. The molecule has 1 fully saturated rings. The zero-order chi connectivity index (χ0) is 17.8. The molecule has 26 heavy (non-hydrogen) atoms. The predicted molar refractivity (Wildman–Crippen MR) is 100 cm³/mol. The van der Waals surface area contributed by atoms with Crippen LogP contribution in [0.15, 0.2) is 48.5 Å². The van der Waals surface area contributed by atoms with E-state index in [9.17, 15) is 4.79 Å². The van der Waals surface area contributed by atoms with Crippen LogP contribution in [0, 0.1) is 0 Å². The van der Waals surface area contributed by atoms with Crippen LogP contribution in [0.3, 0.4) is 0 Å². The van der Waals surface area contributed by atoms with Crippen LogP contribution in [0.25, 0.3) is 0 Å². The van der Waals surface area contributed by atoms with E-state index in [1.54, 1.807) is 0 Å². The van der Waals surface area contributed by atoms with E-state index in [2.05, 4.69) is 23.5 Å². The lowest BCUT2D eigenvalue weighted by Gasteiger charge is -2.29. The van der Waals surface area contributed by atoms with Crippen LogP contribution in [0.1, 0.15) is 24.0 Å². The van der Waals surface area contributed by atoms with Crippen LogP contribution in [-0.2, 0) is 17.7 Å². The summed E-state index contributed by atoms with van der Waals surface area (Å²) < 4.78 is 11.4. The van der Waals surface area contributed by atoms with Crippen LogP contribution in [-0.4, -0.2) is 36.8 Å². The van der Waals surface area contributed by atoms with Gasteiger partial charge in [0.15, 0.2) is 0 Å². The first kappa shape index (κ1) is 16.9. The average Bonchev–Trinajstić information content (AvgIpc) is 3.20. The number of fused-ring (bicyclic) bond motifs is 1. The third kappa shape index (κ3) is 3.99. The molecule has 2 aromatic carbocycles. The molecule has 5 heteroatoms. The van der Waals surface area contributed by atoms with E-state index in [0.717, 1.165) is 43.9 Å². The maximum Gasteiger partial charge on any atom is 0.322 e. The van der Waals surface area contributed by atoms with Gasteiger partial charge in [-0.1, -0.05) is 30.3 Å². The summed E-state index contributed by atoms with van der Waals surface area (Å²) in [5.41, 5.74) is 3.31. The van der Waals surface area contributed by atoms with E-state index in [4.69, 9.17) is 9.47 Å². The Bertz CT molecular complexity index is 771. The van der Waals surface area contributed by atoms with Crippen molar-refractivity contribution >= 4 is 11.7 Å². The fourth-order valence-electron chi connectivity index (χ4n) is 3.50. The lowest BCUT2D eigenvalue weighted by molar-refractivity contribution is 0.0680. The number of urea groups is 1. The minimum Gasteiger partial charge on any atom is -0.491 e. The third-order valence-electron chi connectivity index (χ3n) is 4.96. The van der Waals surface area contributed by atoms with E-state index in [1.165, 1.54) is 11.1 Å². The Morgan fingerprint density at radius 1 is 1.19 bits per heavy atom. The number of nitrogens with one attached hydrogen (secondary N) is 1. The average molecular weight is 352 g/mol. The van der Waals surface area contributed by atoms with Gasteiger partial charge in [0.1, 0.15) is 12.4 Å². The van der Waals surface area contributed by atoms with Gasteiger partial charge < -0.3 is 19.7 Å². The molecule has 1 atom stereocenters. The molecule has 0 bridgehead atoms. The first-order valence-corrected chi connectivity index (χ1v) is 9.25. The van der Waals surface area contributed by atoms with Crippen molar-refractivity contribution in [3.8, 4) is 5.75 Å². The molecule has 2 amide bonds. The quantitative estimate of drug-likeness (QED) is 0.910. The molecule has 0 aliphatic carbocycles. The van der Waals surface area contributed by atoms with Gasteiger partial charge >= 0.3 is 6.03 Å². The number of anilines is 1. The van der Waals surface area contributed by atoms with E-state index in [0.29, 0.717) is 13.2 Å². The predicted octanol–water partition coefficient (Wildman–Crippen LogP) is 3.83. The monoisotopic (exact) mass is 352 g/mol. The summed E-state index contributed by atoms with van der Waals surface area (Å²) in [7, 11) is 0. The molecular weight excluding hydrogens is 328 g/mol. The molecule has 5 nitrogen and oxygen atoms in total. The fourth-order valence-corrected chi connectivity index (χ4v) is 3.50. The lowest BCUT2D eigenvalue weighted by Crippen LogP contribution is -2.38. The highest BCUT2D eigenvalue weighted by Crippen LogP contribution is 2.22. The summed E-state index contributed by atoms with van der Waals surface area (Å²) in [5, 5.41) is 2.99.